The van der Waals surface area contributed by atoms with Crippen molar-refractivity contribution in [3.63, 3.8) is 0 Å². The van der Waals surface area contributed by atoms with E-state index in [4.69, 9.17) is 9.47 Å². The molecule has 2 aromatic carbocycles. The summed E-state index contributed by atoms with van der Waals surface area (Å²) >= 11 is 0. The molecule has 0 bridgehead atoms. The molecule has 0 saturated heterocycles. The number of nitrogens with one attached hydrogen (secondary N) is 1. The Hall–Kier alpha value is -5.11. The van der Waals surface area contributed by atoms with Crippen LogP contribution in [0, 0.1) is 23.0 Å². The van der Waals surface area contributed by atoms with E-state index >= 15 is 0 Å². The lowest BCUT2D eigenvalue weighted by Gasteiger charge is -2.11. The van der Waals surface area contributed by atoms with Gasteiger partial charge >= 0.3 is 0 Å². The summed E-state index contributed by atoms with van der Waals surface area (Å²) in [5, 5.41) is 17.8. The smallest absolute Gasteiger partial charge is 0.183 e. The third-order valence-corrected chi connectivity index (χ3v) is 5.77. The Morgan fingerprint density at radius 1 is 1.11 bits per heavy atom. The predicted octanol–water partition coefficient (Wildman–Crippen LogP) is 5.24. The van der Waals surface area contributed by atoms with E-state index < -0.39 is 11.6 Å². The van der Waals surface area contributed by atoms with Crippen molar-refractivity contribution in [1.29, 1.82) is 5.26 Å². The van der Waals surface area contributed by atoms with Crippen LogP contribution in [-0.2, 0) is 6.54 Å². The van der Waals surface area contributed by atoms with Gasteiger partial charge in [0.1, 0.15) is 29.1 Å². The highest BCUT2D eigenvalue weighted by Gasteiger charge is 2.20. The molecule has 0 aliphatic heterocycles. The number of methoxy groups -OCH3 is 1. The zero-order chi connectivity index (χ0) is 26.6. The minimum Gasteiger partial charge on any atom is -0.494 e. The van der Waals surface area contributed by atoms with E-state index in [2.05, 4.69) is 31.4 Å². The van der Waals surface area contributed by atoms with Crippen molar-refractivity contribution in [2.45, 2.75) is 13.5 Å². The second kappa shape index (κ2) is 10.5. The van der Waals surface area contributed by atoms with Crippen molar-refractivity contribution < 1.29 is 18.3 Å². The number of rotatable bonds is 8. The maximum Gasteiger partial charge on any atom is 0.183 e. The fraction of sp³-hybridized carbons (Fsp3) is 0.148. The van der Waals surface area contributed by atoms with Crippen LogP contribution in [0.15, 0.2) is 61.1 Å². The molecular formula is C27H21F2N7O2. The fourth-order valence-electron chi connectivity index (χ4n) is 3.99. The van der Waals surface area contributed by atoms with Crippen molar-refractivity contribution >= 4 is 22.4 Å². The Morgan fingerprint density at radius 2 is 1.89 bits per heavy atom. The number of ether oxygens (including phenoxy) is 2. The predicted molar refractivity (Wildman–Crippen MR) is 136 cm³/mol. The zero-order valence-electron chi connectivity index (χ0n) is 20.4. The van der Waals surface area contributed by atoms with Crippen LogP contribution in [0.25, 0.3) is 22.4 Å². The van der Waals surface area contributed by atoms with Crippen LogP contribution in [0.5, 0.6) is 11.5 Å². The van der Waals surface area contributed by atoms with Crippen LogP contribution >= 0.6 is 0 Å². The van der Waals surface area contributed by atoms with E-state index in [1.54, 1.807) is 25.3 Å². The molecule has 0 aliphatic rings. The Balaban J connectivity index is 1.57. The Morgan fingerprint density at radius 3 is 2.63 bits per heavy atom. The largest absolute Gasteiger partial charge is 0.494 e. The highest BCUT2D eigenvalue weighted by Crippen LogP contribution is 2.32. The minimum atomic E-state index is -0.729. The first-order valence-corrected chi connectivity index (χ1v) is 11.6. The van der Waals surface area contributed by atoms with Gasteiger partial charge in [0, 0.05) is 35.5 Å². The number of hydrogen-bond acceptors (Lipinski definition) is 8. The highest BCUT2D eigenvalue weighted by molar-refractivity contribution is 5.92. The molecule has 5 rings (SSSR count). The number of benzene rings is 2. The van der Waals surface area contributed by atoms with Crippen LogP contribution in [0.4, 0.5) is 20.3 Å². The summed E-state index contributed by atoms with van der Waals surface area (Å²) in [7, 11) is 1.48. The van der Waals surface area contributed by atoms with Crippen molar-refractivity contribution in [2.75, 3.05) is 19.0 Å². The number of pyridine rings is 1. The molecule has 190 valence electrons. The van der Waals surface area contributed by atoms with Crippen molar-refractivity contribution in [3.8, 4) is 29.1 Å². The molecule has 0 fully saturated rings. The summed E-state index contributed by atoms with van der Waals surface area (Å²) in [6, 6.07) is 13.3. The number of nitrogens with zero attached hydrogens (tertiary/aromatic N) is 6. The molecule has 3 heterocycles. The van der Waals surface area contributed by atoms with Gasteiger partial charge in [0.15, 0.2) is 17.4 Å². The number of nitriles is 1. The van der Waals surface area contributed by atoms with Gasteiger partial charge in [-0.2, -0.15) is 10.4 Å². The third kappa shape index (κ3) is 4.67. The molecule has 1 N–H and O–H groups in total. The number of anilines is 2. The molecule has 0 amide bonds. The van der Waals surface area contributed by atoms with Crippen LogP contribution in [-0.4, -0.2) is 38.4 Å². The summed E-state index contributed by atoms with van der Waals surface area (Å²) in [5.41, 5.74) is 1.72. The Bertz CT molecular complexity index is 1660. The topological polar surface area (TPSA) is 111 Å². The second-order valence-electron chi connectivity index (χ2n) is 8.09. The normalized spacial score (nSPS) is 10.8. The summed E-state index contributed by atoms with van der Waals surface area (Å²) < 4.78 is 41.8. The minimum absolute atomic E-state index is 0.123. The molecule has 9 nitrogen and oxygen atoms in total. The number of halogens is 2. The average molecular weight is 514 g/mol. The first-order chi connectivity index (χ1) is 18.5. The summed E-state index contributed by atoms with van der Waals surface area (Å²) in [5.74, 6) is -0.430. The molecule has 3 aromatic heterocycles. The number of para-hydroxylation sites is 1. The van der Waals surface area contributed by atoms with Crippen molar-refractivity contribution in [2.24, 2.45) is 0 Å². The van der Waals surface area contributed by atoms with Crippen LogP contribution in [0.2, 0.25) is 0 Å². The maximum atomic E-state index is 14.8. The van der Waals surface area contributed by atoms with E-state index in [1.807, 2.05) is 18.2 Å². The first kappa shape index (κ1) is 24.6. The van der Waals surface area contributed by atoms with Gasteiger partial charge in [0.05, 0.1) is 43.2 Å². The second-order valence-corrected chi connectivity index (χ2v) is 8.09. The third-order valence-electron chi connectivity index (χ3n) is 5.77. The standard InChI is InChI=1S/C27H21F2N7O2/c1-3-38-17-10-20(28)19(21(29)11-17)15-36-23-7-5-4-6-18(23)25(35-36)27-32-14-24(37-2)26(34-27)33-22-8-9-31-13-16(22)12-30/h4-11,13-14H,3,15H2,1-2H3,(H,31,32,33,34). The molecule has 5 aromatic rings. The average Bonchev–Trinajstić information content (AvgIpc) is 3.29. The Kier molecular flexibility index (Phi) is 6.78. The quantitative estimate of drug-likeness (QED) is 0.300. The monoisotopic (exact) mass is 513 g/mol. The van der Waals surface area contributed by atoms with Gasteiger partial charge in [-0.1, -0.05) is 18.2 Å². The summed E-state index contributed by atoms with van der Waals surface area (Å²) in [6.07, 6.45) is 4.47. The molecule has 38 heavy (non-hydrogen) atoms. The molecule has 0 aliphatic carbocycles. The lowest BCUT2D eigenvalue weighted by Crippen LogP contribution is -2.07. The number of fused-ring (bicyclic) bond motifs is 1. The zero-order valence-corrected chi connectivity index (χ0v) is 20.4. The summed E-state index contributed by atoms with van der Waals surface area (Å²) in [4.78, 5) is 13.0. The van der Waals surface area contributed by atoms with E-state index in [-0.39, 0.29) is 23.7 Å². The molecular weight excluding hydrogens is 492 g/mol. The number of hydrogen-bond donors (Lipinski definition) is 1. The number of aromatic nitrogens is 5. The molecule has 0 spiro atoms. The fourth-order valence-corrected chi connectivity index (χ4v) is 3.99. The molecule has 0 radical (unpaired) electrons. The first-order valence-electron chi connectivity index (χ1n) is 11.6. The van der Waals surface area contributed by atoms with Gasteiger partial charge in [-0.3, -0.25) is 9.67 Å². The van der Waals surface area contributed by atoms with E-state index in [0.717, 1.165) is 12.1 Å². The SMILES string of the molecule is CCOc1cc(F)c(Cn2nc(-c3ncc(OC)c(Nc4ccncc4C#N)n3)c3ccccc32)c(F)c1. The van der Waals surface area contributed by atoms with Gasteiger partial charge in [-0.25, -0.2) is 18.7 Å². The molecule has 0 atom stereocenters. The van der Waals surface area contributed by atoms with Crippen molar-refractivity contribution in [1.82, 2.24) is 24.7 Å². The molecule has 11 heteroatoms. The van der Waals surface area contributed by atoms with Crippen LogP contribution < -0.4 is 14.8 Å². The van der Waals surface area contributed by atoms with Gasteiger partial charge in [0.25, 0.3) is 0 Å². The molecule has 0 unspecified atom stereocenters. The maximum absolute atomic E-state index is 14.8. The van der Waals surface area contributed by atoms with Crippen molar-refractivity contribution in [3.05, 3.63) is 83.8 Å². The lowest BCUT2D eigenvalue weighted by atomic mass is 10.1. The van der Waals surface area contributed by atoms with Crippen LogP contribution in [0.1, 0.15) is 18.1 Å². The van der Waals surface area contributed by atoms with Crippen LogP contribution in [0.3, 0.4) is 0 Å². The van der Waals surface area contributed by atoms with E-state index in [1.165, 1.54) is 24.2 Å². The Labute approximate surface area is 216 Å². The lowest BCUT2D eigenvalue weighted by molar-refractivity contribution is 0.335. The van der Waals surface area contributed by atoms with Gasteiger partial charge < -0.3 is 14.8 Å². The van der Waals surface area contributed by atoms with Gasteiger partial charge in [0.2, 0.25) is 0 Å². The van der Waals surface area contributed by atoms with Gasteiger partial charge in [-0.05, 0) is 19.1 Å². The van der Waals surface area contributed by atoms with E-state index in [9.17, 15) is 14.0 Å². The molecule has 0 saturated carbocycles. The summed E-state index contributed by atoms with van der Waals surface area (Å²) in [6.45, 7) is 1.88. The highest BCUT2D eigenvalue weighted by atomic mass is 19.1. The van der Waals surface area contributed by atoms with E-state index in [0.29, 0.717) is 46.0 Å². The van der Waals surface area contributed by atoms with Gasteiger partial charge in [-0.15, -0.1) is 0 Å².